The van der Waals surface area contributed by atoms with Crippen molar-refractivity contribution in [2.24, 2.45) is 10.9 Å². The molecule has 0 aliphatic rings. The van der Waals surface area contributed by atoms with Gasteiger partial charge < -0.3 is 4.74 Å². The lowest BCUT2D eigenvalue weighted by molar-refractivity contribution is -0.143. The second-order valence-electron chi connectivity index (χ2n) is 4.55. The summed E-state index contributed by atoms with van der Waals surface area (Å²) in [4.78, 5) is 15.8. The molecule has 22 heavy (non-hydrogen) atoms. The minimum absolute atomic E-state index is 0.244. The van der Waals surface area contributed by atoms with Crippen LogP contribution in [0.5, 0.6) is 0 Å². The number of rotatable bonds is 5. The Labute approximate surface area is 129 Å². The summed E-state index contributed by atoms with van der Waals surface area (Å²) < 4.78 is 4.82. The van der Waals surface area contributed by atoms with E-state index in [1.165, 1.54) is 6.21 Å². The van der Waals surface area contributed by atoms with Crippen LogP contribution in [0.2, 0.25) is 0 Å². The van der Waals surface area contributed by atoms with Gasteiger partial charge in [-0.05, 0) is 30.2 Å². The van der Waals surface area contributed by atoms with Crippen LogP contribution < -0.4 is 0 Å². The van der Waals surface area contributed by atoms with Crippen LogP contribution in [0.25, 0.3) is 11.1 Å². The van der Waals surface area contributed by atoms with Crippen molar-refractivity contribution >= 4 is 17.9 Å². The molecule has 0 fully saturated rings. The van der Waals surface area contributed by atoms with Crippen LogP contribution >= 0.6 is 0 Å². The van der Waals surface area contributed by atoms with Crippen molar-refractivity contribution in [3.63, 3.8) is 0 Å². The molecule has 0 aliphatic heterocycles. The number of ether oxygens (including phenoxy) is 1. The van der Waals surface area contributed by atoms with Crippen molar-refractivity contribution < 1.29 is 9.53 Å². The first kappa shape index (κ1) is 15.5. The average molecular weight is 292 g/mol. The molecule has 1 atom stereocenters. The fourth-order valence-electron chi connectivity index (χ4n) is 1.94. The number of nitrogens with zero attached hydrogens (tertiary/aromatic N) is 2. The van der Waals surface area contributed by atoms with E-state index in [2.05, 4.69) is 4.99 Å². The largest absolute Gasteiger partial charge is 0.465 e. The van der Waals surface area contributed by atoms with Gasteiger partial charge in [-0.3, -0.25) is 9.79 Å². The molecule has 0 saturated carbocycles. The zero-order valence-electron chi connectivity index (χ0n) is 12.3. The molecule has 1 unspecified atom stereocenters. The van der Waals surface area contributed by atoms with Gasteiger partial charge in [-0.25, -0.2) is 0 Å². The summed E-state index contributed by atoms with van der Waals surface area (Å²) in [6.07, 6.45) is 1.32. The number of aliphatic imine (C=N–C) groups is 1. The Kier molecular flexibility index (Phi) is 5.44. The third-order valence-electron chi connectivity index (χ3n) is 3.01. The lowest BCUT2D eigenvalue weighted by Gasteiger charge is -2.04. The highest BCUT2D eigenvalue weighted by Gasteiger charge is 2.16. The second kappa shape index (κ2) is 7.75. The van der Waals surface area contributed by atoms with E-state index >= 15 is 0 Å². The SMILES string of the molecule is CCOC(=O)C(C#N)C=Nc1cccc(-c2ccccc2)c1. The van der Waals surface area contributed by atoms with Gasteiger partial charge in [-0.1, -0.05) is 42.5 Å². The molecule has 2 aromatic carbocycles. The van der Waals surface area contributed by atoms with Gasteiger partial charge in [0.2, 0.25) is 0 Å². The molecule has 0 heterocycles. The normalized spacial score (nSPS) is 11.8. The van der Waals surface area contributed by atoms with Crippen LogP contribution in [-0.4, -0.2) is 18.8 Å². The number of esters is 1. The fraction of sp³-hybridized carbons (Fsp3) is 0.167. The molecule has 0 aliphatic carbocycles. The first-order valence-corrected chi connectivity index (χ1v) is 7.00. The molecule has 2 rings (SSSR count). The van der Waals surface area contributed by atoms with Crippen LogP contribution in [0.3, 0.4) is 0 Å². The molecule has 0 N–H and O–H groups in total. The van der Waals surface area contributed by atoms with E-state index in [0.29, 0.717) is 5.69 Å². The molecule has 110 valence electrons. The van der Waals surface area contributed by atoms with Crippen molar-refractivity contribution in [3.8, 4) is 17.2 Å². The van der Waals surface area contributed by atoms with E-state index in [-0.39, 0.29) is 6.61 Å². The predicted octanol–water partition coefficient (Wildman–Crippen LogP) is 3.76. The maximum Gasteiger partial charge on any atom is 0.328 e. The van der Waals surface area contributed by atoms with E-state index in [0.717, 1.165) is 11.1 Å². The Bertz CT molecular complexity index is 703. The monoisotopic (exact) mass is 292 g/mol. The number of hydrogen-bond acceptors (Lipinski definition) is 4. The number of benzene rings is 2. The van der Waals surface area contributed by atoms with Gasteiger partial charge in [-0.15, -0.1) is 0 Å². The van der Waals surface area contributed by atoms with Gasteiger partial charge >= 0.3 is 5.97 Å². The maximum absolute atomic E-state index is 11.5. The topological polar surface area (TPSA) is 62.5 Å². The highest BCUT2D eigenvalue weighted by molar-refractivity contribution is 5.93. The molecule has 4 heteroatoms. The van der Waals surface area contributed by atoms with Gasteiger partial charge in [0.15, 0.2) is 5.92 Å². The van der Waals surface area contributed by atoms with Crippen LogP contribution in [0, 0.1) is 17.2 Å². The first-order valence-electron chi connectivity index (χ1n) is 7.00. The van der Waals surface area contributed by atoms with Gasteiger partial charge in [0.25, 0.3) is 0 Å². The Morgan fingerprint density at radius 2 is 1.95 bits per heavy atom. The van der Waals surface area contributed by atoms with E-state index in [1.54, 1.807) is 6.92 Å². The quantitative estimate of drug-likeness (QED) is 0.622. The van der Waals surface area contributed by atoms with E-state index in [1.807, 2.05) is 60.7 Å². The molecule has 0 bridgehead atoms. The molecule has 2 aromatic rings. The van der Waals surface area contributed by atoms with Gasteiger partial charge in [0.05, 0.1) is 18.4 Å². The van der Waals surface area contributed by atoms with Gasteiger partial charge in [-0.2, -0.15) is 5.26 Å². The summed E-state index contributed by atoms with van der Waals surface area (Å²) in [6.45, 7) is 1.95. The van der Waals surface area contributed by atoms with Crippen molar-refractivity contribution in [2.75, 3.05) is 6.61 Å². The summed E-state index contributed by atoms with van der Waals surface area (Å²) in [5.41, 5.74) is 2.80. The van der Waals surface area contributed by atoms with E-state index in [9.17, 15) is 4.79 Å². The van der Waals surface area contributed by atoms with Crippen LogP contribution in [-0.2, 0) is 9.53 Å². The lowest BCUT2D eigenvalue weighted by Crippen LogP contribution is -2.17. The minimum Gasteiger partial charge on any atom is -0.465 e. The zero-order valence-corrected chi connectivity index (χ0v) is 12.3. The highest BCUT2D eigenvalue weighted by atomic mass is 16.5. The highest BCUT2D eigenvalue weighted by Crippen LogP contribution is 2.23. The molecular weight excluding hydrogens is 276 g/mol. The van der Waals surface area contributed by atoms with Crippen molar-refractivity contribution in [2.45, 2.75) is 6.92 Å². The summed E-state index contributed by atoms with van der Waals surface area (Å²) in [5.74, 6) is -1.56. The number of carbonyl (C=O) groups is 1. The summed E-state index contributed by atoms with van der Waals surface area (Å²) >= 11 is 0. The third kappa shape index (κ3) is 4.03. The minimum atomic E-state index is -0.986. The molecule has 4 nitrogen and oxygen atoms in total. The van der Waals surface area contributed by atoms with Crippen LogP contribution in [0.4, 0.5) is 5.69 Å². The summed E-state index contributed by atoms with van der Waals surface area (Å²) in [5, 5.41) is 8.99. The Morgan fingerprint density at radius 1 is 1.23 bits per heavy atom. The first-order chi connectivity index (χ1) is 10.7. The number of nitriles is 1. The molecule has 0 aromatic heterocycles. The molecule has 0 saturated heterocycles. The van der Waals surface area contributed by atoms with E-state index < -0.39 is 11.9 Å². The second-order valence-corrected chi connectivity index (χ2v) is 4.55. The molecule has 0 amide bonds. The standard InChI is InChI=1S/C18H16N2O2/c1-2-22-18(21)16(12-19)13-20-17-10-6-9-15(11-17)14-7-4-3-5-8-14/h3-11,13,16H,2H2,1H3. The maximum atomic E-state index is 11.5. The van der Waals surface area contributed by atoms with Gasteiger partial charge in [0.1, 0.15) is 0 Å². The molecule has 0 spiro atoms. The number of carbonyl (C=O) groups excluding carboxylic acids is 1. The Balaban J connectivity index is 2.18. The lowest BCUT2D eigenvalue weighted by atomic mass is 10.1. The molecular formula is C18H16N2O2. The van der Waals surface area contributed by atoms with E-state index in [4.69, 9.17) is 10.00 Å². The number of hydrogen-bond donors (Lipinski definition) is 0. The Hall–Kier alpha value is -2.93. The van der Waals surface area contributed by atoms with Crippen LogP contribution in [0.15, 0.2) is 59.6 Å². The fourth-order valence-corrected chi connectivity index (χ4v) is 1.94. The predicted molar refractivity (Wildman–Crippen MR) is 85.8 cm³/mol. The third-order valence-corrected chi connectivity index (χ3v) is 3.01. The summed E-state index contributed by atoms with van der Waals surface area (Å²) in [6, 6.07) is 19.4. The van der Waals surface area contributed by atoms with Crippen molar-refractivity contribution in [1.29, 1.82) is 5.26 Å². The van der Waals surface area contributed by atoms with Crippen molar-refractivity contribution in [1.82, 2.24) is 0 Å². The average Bonchev–Trinajstić information content (AvgIpc) is 2.57. The molecule has 0 radical (unpaired) electrons. The smallest absolute Gasteiger partial charge is 0.328 e. The zero-order chi connectivity index (χ0) is 15.8. The van der Waals surface area contributed by atoms with Crippen molar-refractivity contribution in [3.05, 3.63) is 54.6 Å². The Morgan fingerprint density at radius 3 is 2.64 bits per heavy atom. The summed E-state index contributed by atoms with van der Waals surface area (Å²) in [7, 11) is 0. The van der Waals surface area contributed by atoms with Crippen LogP contribution in [0.1, 0.15) is 6.92 Å². The van der Waals surface area contributed by atoms with Gasteiger partial charge in [0, 0.05) is 6.21 Å².